The first kappa shape index (κ1) is 22.1. The van der Waals surface area contributed by atoms with Crippen molar-refractivity contribution in [2.75, 3.05) is 4.43 Å². The van der Waals surface area contributed by atoms with E-state index in [1.54, 1.807) is 0 Å². The smallest absolute Gasteiger partial charge is 0.315 e. The molecule has 4 bridgehead atoms. The molecule has 0 aromatic rings. The van der Waals surface area contributed by atoms with E-state index in [2.05, 4.69) is 49.4 Å². The van der Waals surface area contributed by atoms with Gasteiger partial charge in [-0.25, -0.2) is 0 Å². The summed E-state index contributed by atoms with van der Waals surface area (Å²) >= 11 is 2.46. The van der Waals surface area contributed by atoms with Gasteiger partial charge in [-0.1, -0.05) is 74.3 Å². The lowest BCUT2D eigenvalue weighted by Gasteiger charge is -2.49. The first-order valence-electron chi connectivity index (χ1n) is 12.9. The monoisotopic (exact) mass is 552 g/mol. The van der Waals surface area contributed by atoms with Crippen LogP contribution in [0.3, 0.4) is 0 Å². The summed E-state index contributed by atoms with van der Waals surface area (Å²) in [7, 11) is 0. The fourth-order valence-electron chi connectivity index (χ4n) is 10.3. The number of fused-ring (bicyclic) bond motifs is 2. The molecule has 1 aliphatic heterocycles. The molecule has 10 atom stereocenters. The zero-order valence-electron chi connectivity index (χ0n) is 19.6. The number of carboxylic acid groups (broad SMARTS) is 1. The molecule has 1 saturated heterocycles. The van der Waals surface area contributed by atoms with Crippen LogP contribution in [0, 0.1) is 57.7 Å². The molecule has 5 unspecified atom stereocenters. The number of carbonyl (C=O) groups excluding carboxylic acids is 1. The van der Waals surface area contributed by atoms with Crippen LogP contribution in [0.4, 0.5) is 0 Å². The van der Waals surface area contributed by atoms with Crippen molar-refractivity contribution in [1.29, 1.82) is 0 Å². The highest BCUT2D eigenvalue weighted by molar-refractivity contribution is 14.1. The largest absolute Gasteiger partial charge is 0.481 e. The van der Waals surface area contributed by atoms with Gasteiger partial charge in [-0.15, -0.1) is 0 Å². The van der Waals surface area contributed by atoms with Gasteiger partial charge in [0.15, 0.2) is 0 Å². The Bertz CT molecular complexity index is 879. The van der Waals surface area contributed by atoms with Crippen molar-refractivity contribution in [2.24, 2.45) is 57.7 Å². The second kappa shape index (κ2) is 7.05. The molecule has 0 aromatic carbocycles. The Morgan fingerprint density at radius 3 is 2.66 bits per heavy atom. The Morgan fingerprint density at radius 1 is 1.31 bits per heavy atom. The van der Waals surface area contributed by atoms with Crippen LogP contribution >= 0.6 is 22.6 Å². The maximum atomic E-state index is 13.6. The quantitative estimate of drug-likeness (QED) is 0.195. The number of ether oxygens (including phenoxy) is 1. The van der Waals surface area contributed by atoms with Gasteiger partial charge in [-0.2, -0.15) is 0 Å². The summed E-state index contributed by atoms with van der Waals surface area (Å²) in [5.41, 5.74) is -1.26. The summed E-state index contributed by atoms with van der Waals surface area (Å²) in [6.07, 6.45) is 11.4. The van der Waals surface area contributed by atoms with E-state index >= 15 is 0 Å². The number of aldehydes is 1. The topological polar surface area (TPSA) is 63.6 Å². The predicted molar refractivity (Wildman–Crippen MR) is 130 cm³/mol. The number of hydrogen-bond acceptors (Lipinski definition) is 3. The molecule has 0 aromatic heterocycles. The van der Waals surface area contributed by atoms with E-state index in [1.165, 1.54) is 19.3 Å². The van der Waals surface area contributed by atoms with E-state index < -0.39 is 22.2 Å². The molecule has 1 heterocycles. The fourth-order valence-corrected chi connectivity index (χ4v) is 11.2. The SMILES string of the molecule is CC(C)C1=CC2CC3(C=O)[C@@H]4CC[C@@H](C)C4C2([C@H]2C[C@H](CC4CC4)[C@H](CI)O2)C13C(=O)O. The van der Waals surface area contributed by atoms with Crippen molar-refractivity contribution < 1.29 is 19.4 Å². The summed E-state index contributed by atoms with van der Waals surface area (Å²) in [5.74, 6) is 1.84. The normalized spacial score (nSPS) is 53.2. The van der Waals surface area contributed by atoms with E-state index in [0.29, 0.717) is 11.8 Å². The minimum absolute atomic E-state index is 0.0445. The van der Waals surface area contributed by atoms with Crippen LogP contribution in [-0.2, 0) is 14.3 Å². The summed E-state index contributed by atoms with van der Waals surface area (Å²) in [6, 6.07) is 0. The Morgan fingerprint density at radius 2 is 2.06 bits per heavy atom. The molecule has 4 saturated carbocycles. The van der Waals surface area contributed by atoms with Crippen LogP contribution < -0.4 is 0 Å². The van der Waals surface area contributed by atoms with Gasteiger partial charge in [0.05, 0.1) is 17.6 Å². The zero-order chi connectivity index (χ0) is 22.6. The van der Waals surface area contributed by atoms with Crippen molar-refractivity contribution in [3.63, 3.8) is 0 Å². The third-order valence-electron chi connectivity index (χ3n) is 11.1. The number of rotatable bonds is 7. The molecule has 1 N–H and O–H groups in total. The number of hydrogen-bond donors (Lipinski definition) is 1. The molecule has 0 radical (unpaired) electrons. The molecule has 6 aliphatic rings. The Balaban J connectivity index is 1.55. The van der Waals surface area contributed by atoms with Crippen LogP contribution in [0.1, 0.15) is 65.7 Å². The first-order chi connectivity index (χ1) is 15.3. The predicted octanol–water partition coefficient (Wildman–Crippen LogP) is 5.53. The van der Waals surface area contributed by atoms with Gasteiger partial charge in [-0.3, -0.25) is 4.79 Å². The summed E-state index contributed by atoms with van der Waals surface area (Å²) < 4.78 is 7.94. The van der Waals surface area contributed by atoms with Crippen LogP contribution in [0.25, 0.3) is 0 Å². The van der Waals surface area contributed by atoms with E-state index in [-0.39, 0.29) is 35.9 Å². The van der Waals surface area contributed by atoms with Gasteiger partial charge in [0.1, 0.15) is 11.7 Å². The molecule has 0 spiro atoms. The van der Waals surface area contributed by atoms with Crippen LogP contribution in [0.2, 0.25) is 0 Å². The lowest BCUT2D eigenvalue weighted by atomic mass is 9.53. The number of alkyl halides is 1. The van der Waals surface area contributed by atoms with E-state index in [9.17, 15) is 14.7 Å². The summed E-state index contributed by atoms with van der Waals surface area (Å²) in [5, 5.41) is 11.1. The van der Waals surface area contributed by atoms with Gasteiger partial charge < -0.3 is 14.6 Å². The van der Waals surface area contributed by atoms with E-state index in [0.717, 1.165) is 47.9 Å². The molecule has 5 heteroatoms. The minimum Gasteiger partial charge on any atom is -0.481 e. The van der Waals surface area contributed by atoms with Gasteiger partial charge >= 0.3 is 5.97 Å². The maximum Gasteiger partial charge on any atom is 0.315 e. The van der Waals surface area contributed by atoms with Crippen molar-refractivity contribution in [3.8, 4) is 0 Å². The van der Waals surface area contributed by atoms with Crippen LogP contribution in [-0.4, -0.2) is 34.0 Å². The van der Waals surface area contributed by atoms with Crippen molar-refractivity contribution >= 4 is 34.8 Å². The molecular formula is C27H37IO4. The lowest BCUT2D eigenvalue weighted by Crippen LogP contribution is -2.56. The molecule has 5 aliphatic carbocycles. The highest BCUT2D eigenvalue weighted by Gasteiger charge is 2.91. The van der Waals surface area contributed by atoms with Crippen molar-refractivity contribution in [3.05, 3.63) is 11.6 Å². The zero-order valence-corrected chi connectivity index (χ0v) is 21.7. The number of halogens is 1. The number of allylic oxidation sites excluding steroid dienone is 1. The van der Waals surface area contributed by atoms with E-state index in [4.69, 9.17) is 4.74 Å². The molecule has 0 amide bonds. The van der Waals surface area contributed by atoms with Crippen LogP contribution in [0.15, 0.2) is 11.6 Å². The molecule has 176 valence electrons. The van der Waals surface area contributed by atoms with Crippen molar-refractivity contribution in [1.82, 2.24) is 0 Å². The molecule has 6 rings (SSSR count). The Hall–Kier alpha value is -0.430. The Labute approximate surface area is 205 Å². The van der Waals surface area contributed by atoms with Gasteiger partial charge in [0.25, 0.3) is 0 Å². The summed E-state index contributed by atoms with van der Waals surface area (Å²) in [4.78, 5) is 26.7. The van der Waals surface area contributed by atoms with Gasteiger partial charge in [0, 0.05) is 9.84 Å². The third kappa shape index (κ3) is 2.25. The molecular weight excluding hydrogens is 515 g/mol. The highest BCUT2D eigenvalue weighted by Crippen LogP contribution is 2.88. The minimum atomic E-state index is -1.08. The molecule has 5 fully saturated rings. The number of carboxylic acids is 1. The van der Waals surface area contributed by atoms with Gasteiger partial charge in [-0.05, 0) is 67.1 Å². The second-order valence-corrected chi connectivity index (χ2v) is 13.3. The molecule has 32 heavy (non-hydrogen) atoms. The average molecular weight is 552 g/mol. The third-order valence-corrected chi connectivity index (χ3v) is 11.9. The van der Waals surface area contributed by atoms with Crippen molar-refractivity contribution in [2.45, 2.75) is 77.9 Å². The fraction of sp³-hybridized carbons (Fsp3) is 0.852. The second-order valence-electron chi connectivity index (χ2n) is 12.4. The highest BCUT2D eigenvalue weighted by atomic mass is 127. The molecule has 4 nitrogen and oxygen atoms in total. The van der Waals surface area contributed by atoms with Crippen LogP contribution in [0.5, 0.6) is 0 Å². The Kier molecular flexibility index (Phi) is 4.86. The van der Waals surface area contributed by atoms with Gasteiger partial charge in [0.2, 0.25) is 0 Å². The number of carbonyl (C=O) groups is 2. The average Bonchev–Trinajstić information content (AvgIpc) is 3.08. The lowest BCUT2D eigenvalue weighted by molar-refractivity contribution is -0.170. The standard InChI is InChI=1S/C27H37IO4/c1-14(2)20-10-18-11-25(13-29)19-7-4-15(3)23(19)26(18,27(20,25)24(30)31)22-9-17(8-16-5-6-16)21(12-28)32-22/h10,13-19,21-23H,4-9,11-12H2,1-3H3,(H,30,31)/t15-,17+,18?,19-,21+,22-,23?,25?,26?,27?/m1/s1. The van der Waals surface area contributed by atoms with E-state index in [1.807, 2.05) is 0 Å². The maximum absolute atomic E-state index is 13.6. The first-order valence-corrected chi connectivity index (χ1v) is 14.4. The summed E-state index contributed by atoms with van der Waals surface area (Å²) in [6.45, 7) is 6.57. The number of aliphatic carboxylic acids is 1.